The Morgan fingerprint density at radius 3 is 2.53 bits per heavy atom. The van der Waals surface area contributed by atoms with E-state index in [-0.39, 0.29) is 24.0 Å². The maximum Gasteiger partial charge on any atom is 0.194 e. The molecule has 0 bridgehead atoms. The lowest BCUT2D eigenvalue weighted by molar-refractivity contribution is 0.475. The van der Waals surface area contributed by atoms with Crippen molar-refractivity contribution in [2.24, 2.45) is 4.99 Å². The first kappa shape index (κ1) is 24.4. The summed E-state index contributed by atoms with van der Waals surface area (Å²) in [7, 11) is 2.09. The van der Waals surface area contributed by atoms with Crippen LogP contribution in [0, 0.1) is 0 Å². The molecule has 1 aromatic carbocycles. The highest BCUT2D eigenvalue weighted by Crippen LogP contribution is 2.20. The number of aromatic nitrogens is 3. The zero-order valence-electron chi connectivity index (χ0n) is 18.5. The molecule has 1 N–H and O–H groups in total. The van der Waals surface area contributed by atoms with Crippen LogP contribution in [0.1, 0.15) is 44.5 Å². The average Bonchev–Trinajstić information content (AvgIpc) is 3.22. The van der Waals surface area contributed by atoms with Crippen molar-refractivity contribution in [3.8, 4) is 0 Å². The first-order valence-electron chi connectivity index (χ1n) is 10.9. The Morgan fingerprint density at radius 2 is 1.87 bits per heavy atom. The van der Waals surface area contributed by atoms with Crippen LogP contribution in [0.15, 0.2) is 35.6 Å². The second kappa shape index (κ2) is 12.8. The number of rotatable bonds is 8. The molecule has 7 nitrogen and oxygen atoms in total. The molecule has 1 saturated heterocycles. The molecule has 8 heteroatoms. The number of anilines is 1. The first-order chi connectivity index (χ1) is 14.2. The monoisotopic (exact) mass is 525 g/mol. The minimum Gasteiger partial charge on any atom is -0.372 e. The van der Waals surface area contributed by atoms with Gasteiger partial charge in [0.15, 0.2) is 5.96 Å². The van der Waals surface area contributed by atoms with Gasteiger partial charge in [-0.1, -0.05) is 19.1 Å². The average molecular weight is 525 g/mol. The van der Waals surface area contributed by atoms with Gasteiger partial charge in [0.1, 0.15) is 12.2 Å². The summed E-state index contributed by atoms with van der Waals surface area (Å²) in [4.78, 5) is 9.48. The van der Waals surface area contributed by atoms with Gasteiger partial charge in [-0.25, -0.2) is 0 Å². The standard InChI is InChI=1S/C22H35N7.HI/c1-4-21-26-25-18-29(21)16-13-24-22(23-5-2)27(3)17-19-9-11-20(12-10-19)28-14-7-6-8-15-28;/h9-12,18H,4-8,13-17H2,1-3H3,(H,23,24);1H. The van der Waals surface area contributed by atoms with Crippen molar-refractivity contribution in [2.45, 2.75) is 52.6 Å². The molecular weight excluding hydrogens is 489 g/mol. The van der Waals surface area contributed by atoms with E-state index >= 15 is 0 Å². The third kappa shape index (κ3) is 6.85. The molecule has 1 fully saturated rings. The van der Waals surface area contributed by atoms with Crippen LogP contribution in [0.4, 0.5) is 5.69 Å². The van der Waals surface area contributed by atoms with Crippen LogP contribution in [0.3, 0.4) is 0 Å². The van der Waals surface area contributed by atoms with Crippen LogP contribution >= 0.6 is 24.0 Å². The fourth-order valence-electron chi connectivity index (χ4n) is 3.79. The van der Waals surface area contributed by atoms with E-state index in [1.807, 2.05) is 0 Å². The van der Waals surface area contributed by atoms with Gasteiger partial charge in [0.2, 0.25) is 0 Å². The number of guanidine groups is 1. The van der Waals surface area contributed by atoms with Crippen LogP contribution in [-0.2, 0) is 19.5 Å². The van der Waals surface area contributed by atoms with E-state index in [1.54, 1.807) is 6.33 Å². The minimum atomic E-state index is 0. The Bertz CT molecular complexity index is 766. The summed E-state index contributed by atoms with van der Waals surface area (Å²) < 4.78 is 2.08. The predicted octanol–water partition coefficient (Wildman–Crippen LogP) is 3.55. The minimum absolute atomic E-state index is 0. The lowest BCUT2D eigenvalue weighted by atomic mass is 10.1. The van der Waals surface area contributed by atoms with Crippen molar-refractivity contribution in [3.63, 3.8) is 0 Å². The summed E-state index contributed by atoms with van der Waals surface area (Å²) in [6.45, 7) is 9.74. The largest absolute Gasteiger partial charge is 0.372 e. The van der Waals surface area contributed by atoms with E-state index in [1.165, 1.54) is 43.6 Å². The van der Waals surface area contributed by atoms with Crippen molar-refractivity contribution in [2.75, 3.05) is 38.1 Å². The summed E-state index contributed by atoms with van der Waals surface area (Å²) in [5, 5.41) is 11.5. The quantitative estimate of drug-likeness (QED) is 0.325. The van der Waals surface area contributed by atoms with E-state index in [9.17, 15) is 0 Å². The number of piperidine rings is 1. The van der Waals surface area contributed by atoms with Crippen LogP contribution in [0.25, 0.3) is 0 Å². The maximum absolute atomic E-state index is 4.80. The van der Waals surface area contributed by atoms with Gasteiger partial charge in [-0.3, -0.25) is 4.99 Å². The van der Waals surface area contributed by atoms with Gasteiger partial charge < -0.3 is 19.7 Å². The third-order valence-corrected chi connectivity index (χ3v) is 5.39. The van der Waals surface area contributed by atoms with Gasteiger partial charge in [0.05, 0.1) is 6.54 Å². The molecule has 1 aromatic heterocycles. The Hall–Kier alpha value is -1.84. The van der Waals surface area contributed by atoms with Gasteiger partial charge in [-0.2, -0.15) is 0 Å². The molecule has 0 amide bonds. The number of hydrogen-bond donors (Lipinski definition) is 1. The van der Waals surface area contributed by atoms with Gasteiger partial charge in [-0.05, 0) is 43.9 Å². The summed E-state index contributed by atoms with van der Waals surface area (Å²) >= 11 is 0. The van der Waals surface area contributed by atoms with Crippen molar-refractivity contribution in [1.29, 1.82) is 0 Å². The summed E-state index contributed by atoms with van der Waals surface area (Å²) in [5.41, 5.74) is 2.64. The van der Waals surface area contributed by atoms with Gasteiger partial charge in [0.25, 0.3) is 0 Å². The highest BCUT2D eigenvalue weighted by molar-refractivity contribution is 14.0. The third-order valence-electron chi connectivity index (χ3n) is 5.39. The van der Waals surface area contributed by atoms with Crippen molar-refractivity contribution >= 4 is 35.6 Å². The lowest BCUT2D eigenvalue weighted by Crippen LogP contribution is -2.38. The Labute approximate surface area is 198 Å². The number of hydrogen-bond acceptors (Lipinski definition) is 4. The van der Waals surface area contributed by atoms with Crippen LogP contribution < -0.4 is 10.2 Å². The topological polar surface area (TPSA) is 61.6 Å². The molecule has 1 aliphatic heterocycles. The van der Waals surface area contributed by atoms with Gasteiger partial charge in [-0.15, -0.1) is 34.2 Å². The normalized spacial score (nSPS) is 14.4. The lowest BCUT2D eigenvalue weighted by Gasteiger charge is -2.29. The number of benzene rings is 1. The predicted molar refractivity (Wildman–Crippen MR) is 135 cm³/mol. The Morgan fingerprint density at radius 1 is 1.13 bits per heavy atom. The fraction of sp³-hybridized carbons (Fsp3) is 0.591. The van der Waals surface area contributed by atoms with E-state index in [0.29, 0.717) is 6.54 Å². The molecule has 0 saturated carbocycles. The smallest absolute Gasteiger partial charge is 0.194 e. The molecule has 0 unspecified atom stereocenters. The van der Waals surface area contributed by atoms with E-state index in [4.69, 9.17) is 4.99 Å². The molecule has 2 aromatic rings. The second-order valence-electron chi connectivity index (χ2n) is 7.60. The molecule has 0 radical (unpaired) electrons. The van der Waals surface area contributed by atoms with Crippen LogP contribution in [-0.4, -0.2) is 58.9 Å². The number of nitrogens with one attached hydrogen (secondary N) is 1. The van der Waals surface area contributed by atoms with Gasteiger partial charge in [0, 0.05) is 51.9 Å². The molecule has 166 valence electrons. The number of aryl methyl sites for hydroxylation is 1. The molecule has 3 rings (SSSR count). The molecule has 2 heterocycles. The number of aliphatic imine (C=N–C) groups is 1. The molecular formula is C22H36IN7. The number of nitrogens with zero attached hydrogens (tertiary/aromatic N) is 6. The molecule has 30 heavy (non-hydrogen) atoms. The van der Waals surface area contributed by atoms with Crippen molar-refractivity contribution < 1.29 is 0 Å². The van der Waals surface area contributed by atoms with Crippen molar-refractivity contribution in [1.82, 2.24) is 25.0 Å². The molecule has 0 aliphatic carbocycles. The highest BCUT2D eigenvalue weighted by Gasteiger charge is 2.11. The number of halogens is 1. The molecule has 1 aliphatic rings. The molecule has 0 spiro atoms. The van der Waals surface area contributed by atoms with E-state index in [2.05, 4.69) is 75.0 Å². The zero-order valence-corrected chi connectivity index (χ0v) is 20.9. The van der Waals surface area contributed by atoms with Gasteiger partial charge >= 0.3 is 0 Å². The Balaban J connectivity index is 0.00000320. The highest BCUT2D eigenvalue weighted by atomic mass is 127. The van der Waals surface area contributed by atoms with E-state index in [0.717, 1.165) is 37.8 Å². The van der Waals surface area contributed by atoms with Crippen LogP contribution in [0.2, 0.25) is 0 Å². The maximum atomic E-state index is 4.80. The summed E-state index contributed by atoms with van der Waals surface area (Å²) in [6.07, 6.45) is 6.65. The van der Waals surface area contributed by atoms with E-state index < -0.39 is 0 Å². The SMILES string of the molecule is CCNC(=NCCn1cnnc1CC)N(C)Cc1ccc(N2CCCCC2)cc1.I. The first-order valence-corrected chi connectivity index (χ1v) is 10.9. The second-order valence-corrected chi connectivity index (χ2v) is 7.60. The fourth-order valence-corrected chi connectivity index (χ4v) is 3.79. The Kier molecular flexibility index (Phi) is 10.4. The molecule has 0 atom stereocenters. The zero-order chi connectivity index (χ0) is 20.5. The van der Waals surface area contributed by atoms with Crippen LogP contribution in [0.5, 0.6) is 0 Å². The summed E-state index contributed by atoms with van der Waals surface area (Å²) in [5.74, 6) is 1.94. The summed E-state index contributed by atoms with van der Waals surface area (Å²) in [6, 6.07) is 9.01. The van der Waals surface area contributed by atoms with Crippen molar-refractivity contribution in [3.05, 3.63) is 42.0 Å².